The van der Waals surface area contributed by atoms with Gasteiger partial charge in [0.1, 0.15) is 4.90 Å². The Bertz CT molecular complexity index is 1360. The first-order chi connectivity index (χ1) is 15.1. The lowest BCUT2D eigenvalue weighted by molar-refractivity contribution is 0.0514. The third-order valence-corrected chi connectivity index (χ3v) is 8.29. The molecule has 3 N–H and O–H groups in total. The van der Waals surface area contributed by atoms with Gasteiger partial charge in [0.2, 0.25) is 10.0 Å². The normalized spacial score (nSPS) is 11.8. The Morgan fingerprint density at radius 1 is 1.12 bits per heavy atom. The molecule has 0 bridgehead atoms. The van der Waals surface area contributed by atoms with Crippen LogP contribution in [0.15, 0.2) is 62.8 Å². The van der Waals surface area contributed by atoms with E-state index in [0.717, 1.165) is 3.97 Å². The first kappa shape index (κ1) is 27.3. The Kier molecular flexibility index (Phi) is 9.08. The van der Waals surface area contributed by atoms with Crippen LogP contribution in [0.25, 0.3) is 10.9 Å². The zero-order valence-corrected chi connectivity index (χ0v) is 21.6. The average Bonchev–Trinajstić information content (AvgIpc) is 3.10. The molecule has 13 heteroatoms. The molecule has 1 aromatic heterocycles. The van der Waals surface area contributed by atoms with Gasteiger partial charge in [-0.1, -0.05) is 34.1 Å². The van der Waals surface area contributed by atoms with E-state index in [2.05, 4.69) is 20.7 Å². The molecule has 0 aliphatic carbocycles. The molecule has 0 saturated carbocycles. The standard InChI is InChI=1S/C20H22BrN3O6S2.ClH/c1-2-30-20(25)18-19(31(26,27)23-12-6-11-22)16-13-14(21)9-10-17(16)24(18)32(28,29)15-7-4-3-5-8-15;/h3-5,7-10,13,23H,2,6,11-12,22H2,1H3;1H. The largest absolute Gasteiger partial charge is 0.461 e. The van der Waals surface area contributed by atoms with Crippen molar-refractivity contribution >= 4 is 65.3 Å². The maximum atomic E-state index is 13.6. The van der Waals surface area contributed by atoms with Crippen LogP contribution in [0.4, 0.5) is 0 Å². The van der Waals surface area contributed by atoms with Gasteiger partial charge in [-0.05, 0) is 50.2 Å². The van der Waals surface area contributed by atoms with E-state index in [1.165, 1.54) is 36.4 Å². The van der Waals surface area contributed by atoms with Crippen molar-refractivity contribution in [3.63, 3.8) is 0 Å². The second-order valence-electron chi connectivity index (χ2n) is 6.68. The number of fused-ring (bicyclic) bond motifs is 1. The van der Waals surface area contributed by atoms with Crippen molar-refractivity contribution in [1.82, 2.24) is 8.69 Å². The highest BCUT2D eigenvalue weighted by atomic mass is 79.9. The summed E-state index contributed by atoms with van der Waals surface area (Å²) in [5.41, 5.74) is 4.89. The minimum Gasteiger partial charge on any atom is -0.461 e. The molecule has 1 heterocycles. The number of benzene rings is 2. The van der Waals surface area contributed by atoms with E-state index < -0.39 is 36.6 Å². The number of nitrogens with one attached hydrogen (secondary N) is 1. The molecule has 0 aliphatic heterocycles. The van der Waals surface area contributed by atoms with Crippen LogP contribution in [-0.2, 0) is 24.8 Å². The van der Waals surface area contributed by atoms with Gasteiger partial charge in [-0.25, -0.2) is 30.3 Å². The summed E-state index contributed by atoms with van der Waals surface area (Å²) in [6.45, 7) is 1.74. The Balaban J connectivity index is 0.00000385. The lowest BCUT2D eigenvalue weighted by Gasteiger charge is -2.13. The predicted molar refractivity (Wildman–Crippen MR) is 131 cm³/mol. The fraction of sp³-hybridized carbons (Fsp3) is 0.250. The molecule has 0 saturated heterocycles. The smallest absolute Gasteiger partial charge is 0.357 e. The summed E-state index contributed by atoms with van der Waals surface area (Å²) in [7, 11) is -8.65. The van der Waals surface area contributed by atoms with Gasteiger partial charge < -0.3 is 10.5 Å². The van der Waals surface area contributed by atoms with Crippen LogP contribution in [0.3, 0.4) is 0 Å². The highest BCUT2D eigenvalue weighted by molar-refractivity contribution is 9.10. The number of rotatable bonds is 9. The molecule has 0 atom stereocenters. The molecule has 2 aromatic carbocycles. The zero-order valence-electron chi connectivity index (χ0n) is 17.5. The molecule has 0 unspecified atom stereocenters. The van der Waals surface area contributed by atoms with Crippen molar-refractivity contribution in [2.75, 3.05) is 19.7 Å². The number of carbonyl (C=O) groups is 1. The summed E-state index contributed by atoms with van der Waals surface area (Å²) < 4.78 is 62.4. The molecular weight excluding hydrogens is 558 g/mol. The van der Waals surface area contributed by atoms with Gasteiger partial charge in [-0.2, -0.15) is 0 Å². The molecule has 0 spiro atoms. The maximum absolute atomic E-state index is 13.6. The molecule has 3 aromatic rings. The number of aromatic nitrogens is 1. The van der Waals surface area contributed by atoms with Gasteiger partial charge in [0.15, 0.2) is 5.69 Å². The number of esters is 1. The number of hydrogen-bond acceptors (Lipinski definition) is 7. The molecule has 180 valence electrons. The topological polar surface area (TPSA) is 138 Å². The third-order valence-electron chi connectivity index (χ3n) is 4.53. The van der Waals surface area contributed by atoms with Crippen molar-refractivity contribution in [3.8, 4) is 0 Å². The summed E-state index contributed by atoms with van der Waals surface area (Å²) in [5.74, 6) is -1.07. The van der Waals surface area contributed by atoms with Crippen molar-refractivity contribution in [3.05, 3.63) is 58.7 Å². The third kappa shape index (κ3) is 5.42. The predicted octanol–water partition coefficient (Wildman–Crippen LogP) is 2.87. The highest BCUT2D eigenvalue weighted by Crippen LogP contribution is 2.35. The summed E-state index contributed by atoms with van der Waals surface area (Å²) in [4.78, 5) is 12.4. The van der Waals surface area contributed by atoms with E-state index in [-0.39, 0.29) is 47.9 Å². The number of carbonyl (C=O) groups excluding carboxylic acids is 1. The molecular formula is C20H23BrClN3O6S2. The number of sulfonamides is 1. The van der Waals surface area contributed by atoms with Crippen LogP contribution in [-0.4, -0.2) is 46.5 Å². The van der Waals surface area contributed by atoms with Crippen LogP contribution in [0, 0.1) is 0 Å². The van der Waals surface area contributed by atoms with Crippen LogP contribution < -0.4 is 10.5 Å². The fourth-order valence-electron chi connectivity index (χ4n) is 3.18. The van der Waals surface area contributed by atoms with Crippen LogP contribution in [0.1, 0.15) is 23.8 Å². The van der Waals surface area contributed by atoms with Gasteiger partial charge in [0, 0.05) is 16.4 Å². The molecule has 3 rings (SSSR count). The molecule has 0 radical (unpaired) electrons. The maximum Gasteiger partial charge on any atom is 0.357 e. The second-order valence-corrected chi connectivity index (χ2v) is 11.1. The SMILES string of the molecule is CCOC(=O)c1c(S(=O)(=O)NCCCN)c2cc(Br)ccc2n1S(=O)(=O)c1ccccc1.Cl. The van der Waals surface area contributed by atoms with Crippen molar-refractivity contribution in [2.45, 2.75) is 23.1 Å². The second kappa shape index (κ2) is 11.0. The van der Waals surface area contributed by atoms with Gasteiger partial charge in [-0.3, -0.25) is 0 Å². The first-order valence-corrected chi connectivity index (χ1v) is 13.4. The minimum atomic E-state index is -4.35. The van der Waals surface area contributed by atoms with Crippen molar-refractivity contribution in [2.24, 2.45) is 5.73 Å². The number of halogens is 2. The van der Waals surface area contributed by atoms with E-state index in [1.807, 2.05) is 0 Å². The summed E-state index contributed by atoms with van der Waals surface area (Å²) in [6, 6.07) is 11.9. The number of nitrogens with two attached hydrogens (primary N) is 1. The van der Waals surface area contributed by atoms with Gasteiger partial charge in [0.25, 0.3) is 10.0 Å². The van der Waals surface area contributed by atoms with Crippen LogP contribution >= 0.6 is 28.3 Å². The van der Waals surface area contributed by atoms with Crippen molar-refractivity contribution in [1.29, 1.82) is 0 Å². The van der Waals surface area contributed by atoms with Gasteiger partial charge >= 0.3 is 5.97 Å². The zero-order chi connectivity index (χ0) is 23.5. The van der Waals surface area contributed by atoms with Crippen LogP contribution in [0.5, 0.6) is 0 Å². The average molecular weight is 581 g/mol. The summed E-state index contributed by atoms with van der Waals surface area (Å²) in [6.07, 6.45) is 0.360. The molecule has 9 nitrogen and oxygen atoms in total. The van der Waals surface area contributed by atoms with E-state index in [9.17, 15) is 21.6 Å². The van der Waals surface area contributed by atoms with Gasteiger partial charge in [0.05, 0.1) is 17.0 Å². The number of hydrogen-bond donors (Lipinski definition) is 2. The fourth-order valence-corrected chi connectivity index (χ4v) is 6.58. The Hall–Kier alpha value is -1.96. The lowest BCUT2D eigenvalue weighted by Crippen LogP contribution is -2.29. The van der Waals surface area contributed by atoms with E-state index in [4.69, 9.17) is 10.5 Å². The molecule has 0 fully saturated rings. The Morgan fingerprint density at radius 2 is 1.79 bits per heavy atom. The van der Waals surface area contributed by atoms with Crippen molar-refractivity contribution < 1.29 is 26.4 Å². The Morgan fingerprint density at radius 3 is 2.39 bits per heavy atom. The molecule has 0 amide bonds. The minimum absolute atomic E-state index is 0. The summed E-state index contributed by atoms with van der Waals surface area (Å²) >= 11 is 3.29. The van der Waals surface area contributed by atoms with Crippen LogP contribution in [0.2, 0.25) is 0 Å². The van der Waals surface area contributed by atoms with E-state index >= 15 is 0 Å². The highest BCUT2D eigenvalue weighted by Gasteiger charge is 2.36. The van der Waals surface area contributed by atoms with E-state index in [1.54, 1.807) is 19.1 Å². The monoisotopic (exact) mass is 579 g/mol. The lowest BCUT2D eigenvalue weighted by atomic mass is 10.2. The Labute approximate surface area is 206 Å². The van der Waals surface area contributed by atoms with Gasteiger partial charge in [-0.15, -0.1) is 12.4 Å². The van der Waals surface area contributed by atoms with E-state index in [0.29, 0.717) is 10.9 Å². The quantitative estimate of drug-likeness (QED) is 0.293. The molecule has 0 aliphatic rings. The summed E-state index contributed by atoms with van der Waals surface area (Å²) in [5, 5.41) is 0.0576. The molecule has 33 heavy (non-hydrogen) atoms. The number of ether oxygens (including phenoxy) is 1. The first-order valence-electron chi connectivity index (χ1n) is 9.66. The number of nitrogens with zero attached hydrogens (tertiary/aromatic N) is 1.